The highest BCUT2D eigenvalue weighted by atomic mass is 79.9. The Balaban J connectivity index is 1.89. The van der Waals surface area contributed by atoms with Crippen molar-refractivity contribution in [2.45, 2.75) is 19.0 Å². The normalized spacial score (nSPS) is 11.3. The summed E-state index contributed by atoms with van der Waals surface area (Å²) >= 11 is 4.59. The molecule has 7 nitrogen and oxygen atoms in total. The van der Waals surface area contributed by atoms with Crippen LogP contribution < -0.4 is 5.43 Å². The van der Waals surface area contributed by atoms with Crippen molar-refractivity contribution in [1.82, 2.24) is 15.2 Å². The Hall–Kier alpha value is -1.87. The molecule has 0 saturated carbocycles. The lowest BCUT2D eigenvalue weighted by molar-refractivity contribution is -0.139. The Kier molecular flexibility index (Phi) is 6.60. The lowest BCUT2D eigenvalue weighted by Gasteiger charge is -2.01. The van der Waals surface area contributed by atoms with Crippen LogP contribution in [0.2, 0.25) is 0 Å². The van der Waals surface area contributed by atoms with Gasteiger partial charge in [0.15, 0.2) is 0 Å². The fraction of sp³-hybridized carbons (Fsp3) is 0.286. The van der Waals surface area contributed by atoms with Gasteiger partial charge in [-0.3, -0.25) is 4.79 Å². The number of hydrazone groups is 1. The number of hydrogen-bond acceptors (Lipinski definition) is 7. The summed E-state index contributed by atoms with van der Waals surface area (Å²) in [6.45, 7) is 4.02. The summed E-state index contributed by atoms with van der Waals surface area (Å²) in [5.41, 5.74) is 4.62. The zero-order chi connectivity index (χ0) is 16.7. The Morgan fingerprint density at radius 2 is 2.17 bits per heavy atom. The molecular formula is C14H16BrN5O2S. The molecule has 2 rings (SSSR count). The van der Waals surface area contributed by atoms with Crippen molar-refractivity contribution in [2.75, 3.05) is 17.8 Å². The van der Waals surface area contributed by atoms with Crippen molar-refractivity contribution in [1.29, 1.82) is 0 Å². The van der Waals surface area contributed by atoms with Crippen LogP contribution in [-0.2, 0) is 9.53 Å². The number of halogens is 1. The van der Waals surface area contributed by atoms with Gasteiger partial charge in [-0.25, -0.2) is 10.5 Å². The maximum Gasteiger partial charge on any atom is 0.316 e. The van der Waals surface area contributed by atoms with Crippen molar-refractivity contribution in [3.8, 4) is 0 Å². The smallest absolute Gasteiger partial charge is 0.316 e. The molecule has 1 aromatic carbocycles. The highest BCUT2D eigenvalue weighted by Gasteiger charge is 2.08. The topological polar surface area (TPSA) is 92.3 Å². The van der Waals surface area contributed by atoms with Gasteiger partial charge >= 0.3 is 5.97 Å². The second kappa shape index (κ2) is 8.68. The number of aromatic nitrogens is 3. The zero-order valence-corrected chi connectivity index (χ0v) is 15.1. The van der Waals surface area contributed by atoms with Crippen LogP contribution in [0.4, 0.5) is 5.95 Å². The zero-order valence-electron chi connectivity index (χ0n) is 12.7. The number of nitrogens with zero attached hydrogens (tertiary/aromatic N) is 3. The molecule has 0 aliphatic rings. The summed E-state index contributed by atoms with van der Waals surface area (Å²) < 4.78 is 5.85. The van der Waals surface area contributed by atoms with E-state index in [2.05, 4.69) is 41.6 Å². The standard InChI is InChI=1S/C14H16BrN5O2S/c1-3-22-12(21)8-23-14-16-13(19-20-14)18-17-9(2)10-4-6-11(15)7-5-10/h4-7H,3,8H2,1-2H3,(H2,16,18,19,20)/b17-9-. The number of esters is 1. The van der Waals surface area contributed by atoms with E-state index in [1.165, 1.54) is 11.8 Å². The van der Waals surface area contributed by atoms with E-state index < -0.39 is 0 Å². The number of carbonyl (C=O) groups is 1. The first kappa shape index (κ1) is 17.5. The highest BCUT2D eigenvalue weighted by molar-refractivity contribution is 9.10. The summed E-state index contributed by atoms with van der Waals surface area (Å²) in [6.07, 6.45) is 0. The average Bonchev–Trinajstić information content (AvgIpc) is 2.99. The molecule has 9 heteroatoms. The number of rotatable bonds is 7. The summed E-state index contributed by atoms with van der Waals surface area (Å²) in [5.74, 6) is 0.292. The summed E-state index contributed by atoms with van der Waals surface area (Å²) in [4.78, 5) is 15.5. The van der Waals surface area contributed by atoms with Crippen molar-refractivity contribution in [2.24, 2.45) is 5.10 Å². The van der Waals surface area contributed by atoms with Gasteiger partial charge in [0.05, 0.1) is 18.1 Å². The number of anilines is 1. The number of ether oxygens (including phenoxy) is 1. The van der Waals surface area contributed by atoms with E-state index in [1.54, 1.807) is 6.92 Å². The van der Waals surface area contributed by atoms with E-state index in [9.17, 15) is 4.79 Å². The van der Waals surface area contributed by atoms with Gasteiger partial charge in [0.2, 0.25) is 11.1 Å². The Labute approximate surface area is 146 Å². The molecule has 0 radical (unpaired) electrons. The molecule has 0 saturated heterocycles. The maximum absolute atomic E-state index is 11.3. The SMILES string of the molecule is CCOC(=O)CSc1n[nH]c(N/N=C(/C)c2ccc(Br)cc2)n1. The van der Waals surface area contributed by atoms with Gasteiger partial charge < -0.3 is 4.74 Å². The fourth-order valence-electron chi connectivity index (χ4n) is 1.58. The molecule has 1 aromatic heterocycles. The van der Waals surface area contributed by atoms with Gasteiger partial charge in [-0.2, -0.15) is 10.1 Å². The van der Waals surface area contributed by atoms with Gasteiger partial charge in [0.25, 0.3) is 0 Å². The molecule has 2 aromatic rings. The molecule has 122 valence electrons. The van der Waals surface area contributed by atoms with Crippen LogP contribution in [0, 0.1) is 0 Å². The van der Waals surface area contributed by atoms with Gasteiger partial charge in [-0.1, -0.05) is 39.8 Å². The molecule has 0 spiro atoms. The van der Waals surface area contributed by atoms with Crippen LogP contribution in [-0.4, -0.2) is 39.2 Å². The highest BCUT2D eigenvalue weighted by Crippen LogP contribution is 2.15. The first-order valence-electron chi connectivity index (χ1n) is 6.85. The van der Waals surface area contributed by atoms with Crippen molar-refractivity contribution in [3.05, 3.63) is 34.3 Å². The number of carbonyl (C=O) groups excluding carboxylic acids is 1. The predicted molar refractivity (Wildman–Crippen MR) is 93.7 cm³/mol. The molecule has 0 fully saturated rings. The third kappa shape index (κ3) is 5.68. The molecule has 0 bridgehead atoms. The lowest BCUT2D eigenvalue weighted by atomic mass is 10.1. The second-order valence-corrected chi connectivity index (χ2v) is 6.23. The number of nitrogens with one attached hydrogen (secondary N) is 2. The maximum atomic E-state index is 11.3. The van der Waals surface area contributed by atoms with E-state index in [-0.39, 0.29) is 11.7 Å². The van der Waals surface area contributed by atoms with Gasteiger partial charge in [-0.15, -0.1) is 5.10 Å². The Morgan fingerprint density at radius 3 is 2.87 bits per heavy atom. The first-order chi connectivity index (χ1) is 11.1. The third-order valence-corrected chi connectivity index (χ3v) is 4.03. The van der Waals surface area contributed by atoms with Gasteiger partial charge in [-0.05, 0) is 31.5 Å². The van der Waals surface area contributed by atoms with Crippen LogP contribution in [0.3, 0.4) is 0 Å². The number of hydrogen-bond donors (Lipinski definition) is 2. The number of H-pyrrole nitrogens is 1. The van der Waals surface area contributed by atoms with Crippen molar-refractivity contribution < 1.29 is 9.53 Å². The first-order valence-corrected chi connectivity index (χ1v) is 8.63. The quantitative estimate of drug-likeness (QED) is 0.322. The molecule has 1 heterocycles. The minimum Gasteiger partial charge on any atom is -0.465 e. The summed E-state index contributed by atoms with van der Waals surface area (Å²) in [7, 11) is 0. The van der Waals surface area contributed by atoms with Gasteiger partial charge in [0.1, 0.15) is 0 Å². The molecule has 0 unspecified atom stereocenters. The third-order valence-electron chi connectivity index (χ3n) is 2.68. The van der Waals surface area contributed by atoms with E-state index in [1.807, 2.05) is 31.2 Å². The van der Waals surface area contributed by atoms with Crippen LogP contribution in [0.5, 0.6) is 0 Å². The molecule has 0 amide bonds. The average molecular weight is 398 g/mol. The molecular weight excluding hydrogens is 382 g/mol. The van der Waals surface area contributed by atoms with E-state index in [0.717, 1.165) is 15.7 Å². The van der Waals surface area contributed by atoms with E-state index in [0.29, 0.717) is 17.7 Å². The van der Waals surface area contributed by atoms with Crippen LogP contribution in [0.25, 0.3) is 0 Å². The molecule has 0 aliphatic carbocycles. The predicted octanol–water partition coefficient (Wildman–Crippen LogP) is 3.06. The second-order valence-electron chi connectivity index (χ2n) is 4.38. The molecule has 2 N–H and O–H groups in total. The van der Waals surface area contributed by atoms with Gasteiger partial charge in [0, 0.05) is 4.47 Å². The van der Waals surface area contributed by atoms with Crippen LogP contribution in [0.1, 0.15) is 19.4 Å². The molecule has 0 aliphatic heterocycles. The van der Waals surface area contributed by atoms with Crippen molar-refractivity contribution in [3.63, 3.8) is 0 Å². The molecule has 23 heavy (non-hydrogen) atoms. The van der Waals surface area contributed by atoms with E-state index in [4.69, 9.17) is 4.74 Å². The summed E-state index contributed by atoms with van der Waals surface area (Å²) in [5, 5.41) is 11.4. The minimum absolute atomic E-state index is 0.173. The Morgan fingerprint density at radius 1 is 1.43 bits per heavy atom. The number of benzene rings is 1. The van der Waals surface area contributed by atoms with Crippen molar-refractivity contribution >= 4 is 45.3 Å². The van der Waals surface area contributed by atoms with Crippen LogP contribution >= 0.6 is 27.7 Å². The Bertz CT molecular complexity index is 687. The largest absolute Gasteiger partial charge is 0.465 e. The fourth-order valence-corrected chi connectivity index (χ4v) is 2.44. The summed E-state index contributed by atoms with van der Waals surface area (Å²) in [6, 6.07) is 7.83. The number of aromatic amines is 1. The van der Waals surface area contributed by atoms with Crippen LogP contribution in [0.15, 0.2) is 39.0 Å². The van der Waals surface area contributed by atoms with E-state index >= 15 is 0 Å². The monoisotopic (exact) mass is 397 g/mol. The minimum atomic E-state index is -0.291. The number of thioether (sulfide) groups is 1. The molecule has 0 atom stereocenters. The lowest BCUT2D eigenvalue weighted by Crippen LogP contribution is -2.06.